The van der Waals surface area contributed by atoms with Crippen LogP contribution >= 0.6 is 0 Å². The molecule has 0 atom stereocenters. The molecule has 2 heterocycles. The normalized spacial score (nSPS) is 11.7. The number of carbonyl (C=O) groups excluding carboxylic acids is 1. The largest absolute Gasteiger partial charge is 0.416 e. The molecule has 124 valence electrons. The number of benzene rings is 1. The molecule has 3 rings (SSSR count). The summed E-state index contributed by atoms with van der Waals surface area (Å²) >= 11 is 0. The molecule has 2 aromatic heterocycles. The fourth-order valence-electron chi connectivity index (χ4n) is 2.35. The summed E-state index contributed by atoms with van der Waals surface area (Å²) in [5.41, 5.74) is 1.49. The molecule has 0 saturated heterocycles. The van der Waals surface area contributed by atoms with Crippen molar-refractivity contribution in [3.63, 3.8) is 0 Å². The highest BCUT2D eigenvalue weighted by atomic mass is 19.4. The van der Waals surface area contributed by atoms with Crippen LogP contribution in [0.2, 0.25) is 0 Å². The predicted octanol–water partition coefficient (Wildman–Crippen LogP) is 2.87. The molecule has 0 unspecified atom stereocenters. The van der Waals surface area contributed by atoms with Crippen molar-refractivity contribution >= 4 is 16.8 Å². The van der Waals surface area contributed by atoms with Gasteiger partial charge < -0.3 is 0 Å². The van der Waals surface area contributed by atoms with E-state index in [9.17, 15) is 18.0 Å². The minimum absolute atomic E-state index is 0.108. The highest BCUT2D eigenvalue weighted by molar-refractivity contribution is 5.95. The van der Waals surface area contributed by atoms with Crippen LogP contribution in [0.15, 0.2) is 36.7 Å². The van der Waals surface area contributed by atoms with Crippen molar-refractivity contribution in [2.24, 2.45) is 0 Å². The van der Waals surface area contributed by atoms with Crippen molar-refractivity contribution in [1.82, 2.24) is 20.0 Å². The Morgan fingerprint density at radius 2 is 2.04 bits per heavy atom. The van der Waals surface area contributed by atoms with E-state index in [-0.39, 0.29) is 11.5 Å². The lowest BCUT2D eigenvalue weighted by Gasteiger charge is -2.11. The molecule has 0 fully saturated rings. The van der Waals surface area contributed by atoms with Gasteiger partial charge in [0.25, 0.3) is 5.91 Å². The molecular weight excluding hydrogens is 325 g/mol. The molecule has 0 radical (unpaired) electrons. The maximum atomic E-state index is 12.8. The number of halogens is 3. The van der Waals surface area contributed by atoms with Crippen molar-refractivity contribution in [2.75, 3.05) is 0 Å². The maximum Gasteiger partial charge on any atom is 0.416 e. The van der Waals surface area contributed by atoms with Crippen molar-refractivity contribution in [2.45, 2.75) is 13.1 Å². The molecule has 24 heavy (non-hydrogen) atoms. The van der Waals surface area contributed by atoms with Gasteiger partial charge in [0.2, 0.25) is 0 Å². The lowest BCUT2D eigenvalue weighted by Crippen LogP contribution is -2.23. The summed E-state index contributed by atoms with van der Waals surface area (Å²) in [4.78, 5) is 19.9. The quantitative estimate of drug-likeness (QED) is 0.557. The lowest BCUT2D eigenvalue weighted by molar-refractivity contribution is -0.137. The summed E-state index contributed by atoms with van der Waals surface area (Å²) in [6.07, 6.45) is -1.61. The Bertz CT molecular complexity index is 934. The summed E-state index contributed by atoms with van der Waals surface area (Å²) in [6, 6.07) is 4.74. The first-order valence-corrected chi connectivity index (χ1v) is 6.78. The number of carbonyl (C=O) groups is 1. The molecule has 0 bridgehead atoms. The first-order chi connectivity index (χ1) is 11.3. The van der Waals surface area contributed by atoms with Crippen molar-refractivity contribution < 1.29 is 23.2 Å². The van der Waals surface area contributed by atoms with Gasteiger partial charge in [0.1, 0.15) is 0 Å². The smallest absolute Gasteiger partial charge is 0.299 e. The summed E-state index contributed by atoms with van der Waals surface area (Å²) < 4.78 is 39.9. The first-order valence-electron chi connectivity index (χ1n) is 6.78. The van der Waals surface area contributed by atoms with Crippen molar-refractivity contribution in [1.29, 1.82) is 0 Å². The van der Waals surface area contributed by atoms with Gasteiger partial charge in [-0.3, -0.25) is 14.6 Å². The number of hydroxylamine groups is 1. The van der Waals surface area contributed by atoms with Gasteiger partial charge >= 0.3 is 6.18 Å². The number of amides is 1. The topological polar surface area (TPSA) is 80.0 Å². The van der Waals surface area contributed by atoms with E-state index in [2.05, 4.69) is 9.97 Å². The minimum Gasteiger partial charge on any atom is -0.299 e. The van der Waals surface area contributed by atoms with Gasteiger partial charge in [-0.1, -0.05) is 0 Å². The average molecular weight is 336 g/mol. The van der Waals surface area contributed by atoms with E-state index in [4.69, 9.17) is 5.21 Å². The van der Waals surface area contributed by atoms with E-state index in [0.29, 0.717) is 16.6 Å². The Balaban J connectivity index is 2.21. The van der Waals surface area contributed by atoms with Gasteiger partial charge in [0.15, 0.2) is 11.5 Å². The zero-order chi connectivity index (χ0) is 17.5. The van der Waals surface area contributed by atoms with Gasteiger partial charge in [0, 0.05) is 17.8 Å². The second-order valence-corrected chi connectivity index (χ2v) is 5.08. The van der Waals surface area contributed by atoms with Crippen LogP contribution in [0.4, 0.5) is 13.2 Å². The molecule has 0 aliphatic carbocycles. The number of rotatable bonds is 2. The van der Waals surface area contributed by atoms with E-state index >= 15 is 0 Å². The van der Waals surface area contributed by atoms with E-state index < -0.39 is 17.6 Å². The van der Waals surface area contributed by atoms with Crippen LogP contribution in [0, 0.1) is 6.92 Å². The van der Waals surface area contributed by atoms with Crippen LogP contribution in [-0.2, 0) is 6.18 Å². The van der Waals surface area contributed by atoms with E-state index in [1.165, 1.54) is 34.6 Å². The van der Waals surface area contributed by atoms with E-state index in [1.54, 1.807) is 6.92 Å². The molecule has 0 saturated carbocycles. The molecule has 0 aliphatic heterocycles. The van der Waals surface area contributed by atoms with Gasteiger partial charge in [-0.25, -0.2) is 15.4 Å². The number of fused-ring (bicyclic) bond motifs is 1. The number of nitrogens with one attached hydrogen (secondary N) is 1. The Morgan fingerprint density at radius 1 is 1.29 bits per heavy atom. The molecule has 3 aromatic rings. The Hall–Kier alpha value is -2.94. The third-order valence-corrected chi connectivity index (χ3v) is 3.44. The van der Waals surface area contributed by atoms with Gasteiger partial charge in [-0.15, -0.1) is 0 Å². The summed E-state index contributed by atoms with van der Waals surface area (Å²) in [7, 11) is 0. The first kappa shape index (κ1) is 15.9. The summed E-state index contributed by atoms with van der Waals surface area (Å²) in [6.45, 7) is 1.66. The monoisotopic (exact) mass is 336 g/mol. The second-order valence-electron chi connectivity index (χ2n) is 5.08. The Labute approximate surface area is 133 Å². The highest BCUT2D eigenvalue weighted by Gasteiger charge is 2.30. The molecule has 1 aromatic carbocycles. The molecule has 2 N–H and O–H groups in total. The number of hydrogen-bond acceptors (Lipinski definition) is 4. The third kappa shape index (κ3) is 2.69. The maximum absolute atomic E-state index is 12.8. The Morgan fingerprint density at radius 3 is 2.71 bits per heavy atom. The molecular formula is C15H11F3N4O2. The number of aryl methyl sites for hydroxylation is 1. The fraction of sp³-hybridized carbons (Fsp3) is 0.133. The summed E-state index contributed by atoms with van der Waals surface area (Å²) in [5.74, 6) is -0.762. The van der Waals surface area contributed by atoms with Crippen LogP contribution in [0.1, 0.15) is 21.7 Å². The van der Waals surface area contributed by atoms with Crippen LogP contribution in [-0.4, -0.2) is 25.6 Å². The molecule has 6 nitrogen and oxygen atoms in total. The standard InChI is InChI=1S/C15H11F3N4O2/c1-8-7-19-12(14(23)21-24)13(20-8)22-5-4-9-6-10(15(16,17)18)2-3-11(9)22/h2-7,24H,1H3,(H,21,23). The van der Waals surface area contributed by atoms with Crippen molar-refractivity contribution in [3.05, 3.63) is 53.6 Å². The summed E-state index contributed by atoms with van der Waals surface area (Å²) in [5, 5.41) is 9.15. The number of hydrogen-bond donors (Lipinski definition) is 2. The molecule has 1 amide bonds. The zero-order valence-electron chi connectivity index (χ0n) is 12.3. The van der Waals surface area contributed by atoms with Crippen LogP contribution < -0.4 is 5.48 Å². The van der Waals surface area contributed by atoms with E-state index in [1.807, 2.05) is 0 Å². The minimum atomic E-state index is -4.44. The number of alkyl halides is 3. The van der Waals surface area contributed by atoms with Gasteiger partial charge in [0.05, 0.1) is 16.8 Å². The SMILES string of the molecule is Cc1cnc(C(=O)NO)c(-n2ccc3cc(C(F)(F)F)ccc32)n1. The zero-order valence-corrected chi connectivity index (χ0v) is 12.3. The lowest BCUT2D eigenvalue weighted by atomic mass is 10.1. The van der Waals surface area contributed by atoms with E-state index in [0.717, 1.165) is 12.1 Å². The highest BCUT2D eigenvalue weighted by Crippen LogP contribution is 2.32. The molecule has 0 aliphatic rings. The predicted molar refractivity (Wildman–Crippen MR) is 77.9 cm³/mol. The number of nitrogens with zero attached hydrogens (tertiary/aromatic N) is 3. The molecule has 0 spiro atoms. The van der Waals surface area contributed by atoms with Crippen LogP contribution in [0.3, 0.4) is 0 Å². The average Bonchev–Trinajstić information content (AvgIpc) is 2.96. The second kappa shape index (κ2) is 5.60. The Kier molecular flexibility index (Phi) is 3.72. The third-order valence-electron chi connectivity index (χ3n) is 3.44. The van der Waals surface area contributed by atoms with Crippen LogP contribution in [0.25, 0.3) is 16.7 Å². The number of aromatic nitrogens is 3. The molecule has 9 heteroatoms. The van der Waals surface area contributed by atoms with Crippen LogP contribution in [0.5, 0.6) is 0 Å². The fourth-order valence-corrected chi connectivity index (χ4v) is 2.35. The van der Waals surface area contributed by atoms with Gasteiger partial charge in [-0.2, -0.15) is 13.2 Å². The van der Waals surface area contributed by atoms with Gasteiger partial charge in [-0.05, 0) is 31.2 Å². The van der Waals surface area contributed by atoms with Crippen molar-refractivity contribution in [3.8, 4) is 5.82 Å².